The fraction of sp³-hybridized carbons (Fsp3) is 0.130. The zero-order valence-electron chi connectivity index (χ0n) is 17.9. The Labute approximate surface area is 194 Å². The number of non-ortho nitro benzene ring substituents is 1. The fourth-order valence-electron chi connectivity index (χ4n) is 3.14. The zero-order valence-corrected chi connectivity index (χ0v) is 18.7. The summed E-state index contributed by atoms with van der Waals surface area (Å²) in [5, 5.41) is 22.6. The first kappa shape index (κ1) is 22.2. The summed E-state index contributed by atoms with van der Waals surface area (Å²) in [6.45, 7) is 3.53. The number of hydrogen-bond donors (Lipinski definition) is 1. The van der Waals surface area contributed by atoms with Gasteiger partial charge in [0.05, 0.1) is 15.9 Å². The van der Waals surface area contributed by atoms with Gasteiger partial charge in [0.15, 0.2) is 11.0 Å². The predicted octanol–water partition coefficient (Wildman–Crippen LogP) is 4.67. The number of amides is 1. The first-order chi connectivity index (χ1) is 15.9. The maximum atomic E-state index is 12.9. The van der Waals surface area contributed by atoms with E-state index in [0.717, 1.165) is 16.8 Å². The highest BCUT2D eigenvalue weighted by Gasteiger charge is 2.23. The molecule has 0 spiro atoms. The van der Waals surface area contributed by atoms with Gasteiger partial charge in [-0.15, -0.1) is 10.2 Å². The number of para-hydroxylation sites is 1. The van der Waals surface area contributed by atoms with Crippen LogP contribution in [0.15, 0.2) is 78.2 Å². The van der Waals surface area contributed by atoms with E-state index in [1.54, 1.807) is 32.3 Å². The number of hydrogen-bond acceptors (Lipinski definition) is 7. The second-order valence-electron chi connectivity index (χ2n) is 7.22. The number of thioether (sulfide) groups is 1. The molecule has 166 valence electrons. The van der Waals surface area contributed by atoms with Crippen molar-refractivity contribution in [2.24, 2.45) is 0 Å². The molecule has 4 aromatic rings. The number of anilines is 1. The molecule has 1 amide bonds. The van der Waals surface area contributed by atoms with Gasteiger partial charge in [0.2, 0.25) is 5.91 Å². The number of aromatic nitrogens is 4. The van der Waals surface area contributed by atoms with Crippen molar-refractivity contribution >= 4 is 29.0 Å². The molecular weight excluding hydrogens is 440 g/mol. The van der Waals surface area contributed by atoms with E-state index in [1.165, 1.54) is 23.9 Å². The van der Waals surface area contributed by atoms with E-state index >= 15 is 0 Å². The maximum Gasteiger partial charge on any atom is 0.271 e. The number of rotatable bonds is 7. The second kappa shape index (κ2) is 9.61. The van der Waals surface area contributed by atoms with Gasteiger partial charge in [-0.2, -0.15) is 0 Å². The average Bonchev–Trinajstić information content (AvgIpc) is 3.24. The Morgan fingerprint density at radius 3 is 2.61 bits per heavy atom. The lowest BCUT2D eigenvalue weighted by Crippen LogP contribution is -2.23. The van der Waals surface area contributed by atoms with Gasteiger partial charge in [-0.1, -0.05) is 36.0 Å². The first-order valence-electron chi connectivity index (χ1n) is 10.1. The normalized spacial score (nSPS) is 11.7. The van der Waals surface area contributed by atoms with Gasteiger partial charge in [-0.05, 0) is 43.7 Å². The molecule has 10 heteroatoms. The number of benzene rings is 2. The summed E-state index contributed by atoms with van der Waals surface area (Å²) in [4.78, 5) is 27.7. The summed E-state index contributed by atoms with van der Waals surface area (Å²) >= 11 is 1.25. The van der Waals surface area contributed by atoms with Crippen molar-refractivity contribution < 1.29 is 9.72 Å². The Morgan fingerprint density at radius 1 is 1.12 bits per heavy atom. The number of carbonyl (C=O) groups excluding carboxylic acids is 1. The molecule has 0 saturated carbocycles. The van der Waals surface area contributed by atoms with Crippen LogP contribution in [0.1, 0.15) is 12.5 Å². The lowest BCUT2D eigenvalue weighted by molar-refractivity contribution is -0.384. The smallest absolute Gasteiger partial charge is 0.271 e. The van der Waals surface area contributed by atoms with Crippen LogP contribution < -0.4 is 5.32 Å². The van der Waals surface area contributed by atoms with Crippen molar-refractivity contribution in [3.05, 3.63) is 88.7 Å². The quantitative estimate of drug-likeness (QED) is 0.242. The van der Waals surface area contributed by atoms with Crippen LogP contribution in [0.25, 0.3) is 17.1 Å². The molecular formula is C23H20N6O3S. The number of nitrogens with zero attached hydrogens (tertiary/aromatic N) is 5. The Balaban J connectivity index is 1.61. The van der Waals surface area contributed by atoms with Gasteiger partial charge in [-0.3, -0.25) is 24.5 Å². The van der Waals surface area contributed by atoms with Crippen molar-refractivity contribution in [3.8, 4) is 17.1 Å². The van der Waals surface area contributed by atoms with Gasteiger partial charge >= 0.3 is 0 Å². The van der Waals surface area contributed by atoms with Gasteiger partial charge in [-0.25, -0.2) is 0 Å². The summed E-state index contributed by atoms with van der Waals surface area (Å²) in [5.74, 6) is 0.313. The van der Waals surface area contributed by atoms with E-state index in [4.69, 9.17) is 0 Å². The fourth-order valence-corrected chi connectivity index (χ4v) is 4.01. The molecule has 1 N–H and O–H groups in total. The van der Waals surface area contributed by atoms with Crippen LogP contribution in [-0.2, 0) is 4.79 Å². The third kappa shape index (κ3) is 4.90. The maximum absolute atomic E-state index is 12.9. The second-order valence-corrected chi connectivity index (χ2v) is 8.53. The lowest BCUT2D eigenvalue weighted by Gasteiger charge is -2.15. The predicted molar refractivity (Wildman–Crippen MR) is 126 cm³/mol. The van der Waals surface area contributed by atoms with Crippen LogP contribution in [0.3, 0.4) is 0 Å². The molecule has 0 aliphatic heterocycles. The minimum atomic E-state index is -0.544. The number of nitro groups is 1. The molecule has 0 aliphatic carbocycles. The molecule has 1 atom stereocenters. The van der Waals surface area contributed by atoms with Crippen LogP contribution in [-0.4, -0.2) is 35.8 Å². The van der Waals surface area contributed by atoms with E-state index < -0.39 is 10.2 Å². The summed E-state index contributed by atoms with van der Waals surface area (Å²) < 4.78 is 1.88. The molecule has 0 fully saturated rings. The van der Waals surface area contributed by atoms with E-state index in [1.807, 2.05) is 47.0 Å². The number of nitro benzene ring substituents is 1. The Kier molecular flexibility index (Phi) is 6.45. The molecule has 9 nitrogen and oxygen atoms in total. The Morgan fingerprint density at radius 2 is 1.91 bits per heavy atom. The van der Waals surface area contributed by atoms with E-state index in [9.17, 15) is 14.9 Å². The van der Waals surface area contributed by atoms with Gasteiger partial charge in [0.1, 0.15) is 0 Å². The molecule has 2 heterocycles. The molecule has 0 radical (unpaired) electrons. The minimum Gasteiger partial charge on any atom is -0.325 e. The topological polar surface area (TPSA) is 116 Å². The lowest BCUT2D eigenvalue weighted by atomic mass is 10.2. The first-order valence-corrected chi connectivity index (χ1v) is 11.0. The Hall–Kier alpha value is -4.05. The minimum absolute atomic E-state index is 0.0823. The monoisotopic (exact) mass is 460 g/mol. The van der Waals surface area contributed by atoms with Crippen molar-refractivity contribution in [3.63, 3.8) is 0 Å². The van der Waals surface area contributed by atoms with Crippen LogP contribution in [0, 0.1) is 17.0 Å². The van der Waals surface area contributed by atoms with Gasteiger partial charge < -0.3 is 5.32 Å². The molecule has 0 saturated heterocycles. The number of pyridine rings is 1. The van der Waals surface area contributed by atoms with Crippen LogP contribution >= 0.6 is 11.8 Å². The summed E-state index contributed by atoms with van der Waals surface area (Å²) in [6, 6.07) is 17.7. The summed E-state index contributed by atoms with van der Waals surface area (Å²) in [7, 11) is 0. The van der Waals surface area contributed by atoms with Crippen LogP contribution in [0.5, 0.6) is 0 Å². The molecule has 33 heavy (non-hydrogen) atoms. The summed E-state index contributed by atoms with van der Waals surface area (Å²) in [5.41, 5.74) is 2.71. The third-order valence-electron chi connectivity index (χ3n) is 4.91. The highest BCUT2D eigenvalue weighted by atomic mass is 32.2. The van der Waals surface area contributed by atoms with Crippen LogP contribution in [0.2, 0.25) is 0 Å². The largest absolute Gasteiger partial charge is 0.325 e. The highest BCUT2D eigenvalue weighted by molar-refractivity contribution is 8.00. The number of carbonyl (C=O) groups is 1. The molecule has 0 aliphatic rings. The average molecular weight is 461 g/mol. The van der Waals surface area contributed by atoms with Gasteiger partial charge in [0.25, 0.3) is 5.69 Å². The zero-order chi connectivity index (χ0) is 23.4. The van der Waals surface area contributed by atoms with Crippen LogP contribution in [0.4, 0.5) is 11.4 Å². The molecule has 2 aromatic heterocycles. The third-order valence-corrected chi connectivity index (χ3v) is 5.95. The molecule has 0 bridgehead atoms. The molecule has 0 unspecified atom stereocenters. The van der Waals surface area contributed by atoms with E-state index in [-0.39, 0.29) is 11.6 Å². The highest BCUT2D eigenvalue weighted by Crippen LogP contribution is 2.31. The van der Waals surface area contributed by atoms with E-state index in [0.29, 0.717) is 16.7 Å². The van der Waals surface area contributed by atoms with Crippen molar-refractivity contribution in [2.45, 2.75) is 24.3 Å². The number of nitrogens with one attached hydrogen (secondary N) is 1. The van der Waals surface area contributed by atoms with Crippen molar-refractivity contribution in [1.82, 2.24) is 19.7 Å². The molecule has 2 aromatic carbocycles. The van der Waals surface area contributed by atoms with Crippen molar-refractivity contribution in [2.75, 3.05) is 5.32 Å². The number of aryl methyl sites for hydroxylation is 1. The van der Waals surface area contributed by atoms with Gasteiger partial charge in [0, 0.05) is 35.8 Å². The van der Waals surface area contributed by atoms with Crippen molar-refractivity contribution in [1.29, 1.82) is 0 Å². The molecule has 4 rings (SSSR count). The standard InChI is InChI=1S/C23H20N6O3S/c1-15-10-11-19(29(31)32)13-20(15)25-22(30)16(2)33-23-27-26-21(17-7-6-12-24-14-17)28(23)18-8-4-3-5-9-18/h3-14,16H,1-2H3,(H,25,30)/t16-/m1/s1. The SMILES string of the molecule is Cc1ccc([N+](=O)[O-])cc1NC(=O)[C@@H](C)Sc1nnc(-c2cccnc2)n1-c1ccccc1. The summed E-state index contributed by atoms with van der Waals surface area (Å²) in [6.07, 6.45) is 3.39. The van der Waals surface area contributed by atoms with E-state index in [2.05, 4.69) is 20.5 Å². The Bertz CT molecular complexity index is 1290.